The van der Waals surface area contributed by atoms with Gasteiger partial charge in [0.05, 0.1) is 12.6 Å². The van der Waals surface area contributed by atoms with Gasteiger partial charge in [-0.2, -0.15) is 0 Å². The van der Waals surface area contributed by atoms with E-state index in [-0.39, 0.29) is 0 Å². The van der Waals surface area contributed by atoms with Crippen LogP contribution in [0, 0.1) is 6.92 Å². The maximum atomic E-state index is 5.61. The summed E-state index contributed by atoms with van der Waals surface area (Å²) in [6.45, 7) is 6.24. The van der Waals surface area contributed by atoms with Crippen molar-refractivity contribution in [1.82, 2.24) is 10.2 Å². The van der Waals surface area contributed by atoms with Crippen LogP contribution in [0.5, 0.6) is 0 Å². The molecule has 3 heterocycles. The summed E-state index contributed by atoms with van der Waals surface area (Å²) >= 11 is 1.86. The Hall–Kier alpha value is -1.10. The van der Waals surface area contributed by atoms with Crippen LogP contribution < -0.4 is 5.32 Å². The molecule has 108 valence electrons. The van der Waals surface area contributed by atoms with Gasteiger partial charge in [-0.25, -0.2) is 0 Å². The second kappa shape index (κ2) is 6.57. The molecule has 0 unspecified atom stereocenters. The zero-order valence-electron chi connectivity index (χ0n) is 12.0. The van der Waals surface area contributed by atoms with Crippen molar-refractivity contribution in [2.45, 2.75) is 32.4 Å². The normalized spacial score (nSPS) is 17.6. The Morgan fingerprint density at radius 2 is 2.15 bits per heavy atom. The van der Waals surface area contributed by atoms with Crippen LogP contribution in [0.2, 0.25) is 0 Å². The van der Waals surface area contributed by atoms with E-state index >= 15 is 0 Å². The predicted octanol–water partition coefficient (Wildman–Crippen LogP) is 3.58. The summed E-state index contributed by atoms with van der Waals surface area (Å²) in [7, 11) is 0. The zero-order valence-corrected chi connectivity index (χ0v) is 12.8. The Morgan fingerprint density at radius 3 is 2.80 bits per heavy atom. The van der Waals surface area contributed by atoms with Crippen LogP contribution in [0.25, 0.3) is 0 Å². The van der Waals surface area contributed by atoms with Crippen molar-refractivity contribution in [3.63, 3.8) is 0 Å². The van der Waals surface area contributed by atoms with E-state index in [4.69, 9.17) is 4.42 Å². The summed E-state index contributed by atoms with van der Waals surface area (Å²) in [5, 5.41) is 5.73. The van der Waals surface area contributed by atoms with Crippen molar-refractivity contribution < 1.29 is 4.42 Å². The van der Waals surface area contributed by atoms with Gasteiger partial charge in [0.1, 0.15) is 11.5 Å². The van der Waals surface area contributed by atoms with E-state index in [0.29, 0.717) is 6.04 Å². The first-order valence-electron chi connectivity index (χ1n) is 7.36. The first-order valence-corrected chi connectivity index (χ1v) is 8.24. The van der Waals surface area contributed by atoms with E-state index in [1.54, 1.807) is 0 Å². The van der Waals surface area contributed by atoms with Crippen molar-refractivity contribution in [3.05, 3.63) is 46.0 Å². The van der Waals surface area contributed by atoms with Crippen molar-refractivity contribution in [2.24, 2.45) is 0 Å². The van der Waals surface area contributed by atoms with Gasteiger partial charge in [0.2, 0.25) is 0 Å². The molecule has 0 aliphatic carbocycles. The van der Waals surface area contributed by atoms with Gasteiger partial charge in [-0.05, 0) is 56.4 Å². The average molecular weight is 290 g/mol. The summed E-state index contributed by atoms with van der Waals surface area (Å²) in [5.74, 6) is 2.00. The standard InChI is InChI=1S/C16H22N2OS/c1-13-6-7-14(19-13)11-17-12-15(16-5-4-10-20-16)18-8-2-3-9-18/h4-7,10,15,17H,2-3,8-9,11-12H2,1H3/t15-/m0/s1. The summed E-state index contributed by atoms with van der Waals surface area (Å²) in [6.07, 6.45) is 2.67. The van der Waals surface area contributed by atoms with E-state index in [1.165, 1.54) is 30.8 Å². The SMILES string of the molecule is Cc1ccc(CNC[C@@H](c2cccs2)N2CCCC2)o1. The molecule has 0 bridgehead atoms. The maximum absolute atomic E-state index is 5.61. The molecule has 3 rings (SSSR count). The molecule has 0 spiro atoms. The van der Waals surface area contributed by atoms with Crippen molar-refractivity contribution in [3.8, 4) is 0 Å². The van der Waals surface area contributed by atoms with Crippen LogP contribution >= 0.6 is 11.3 Å². The molecule has 20 heavy (non-hydrogen) atoms. The lowest BCUT2D eigenvalue weighted by Crippen LogP contribution is -2.33. The molecule has 1 fully saturated rings. The molecule has 2 aromatic heterocycles. The topological polar surface area (TPSA) is 28.4 Å². The number of nitrogens with one attached hydrogen (secondary N) is 1. The van der Waals surface area contributed by atoms with Gasteiger partial charge in [-0.3, -0.25) is 4.90 Å². The lowest BCUT2D eigenvalue weighted by atomic mass is 10.2. The van der Waals surface area contributed by atoms with Gasteiger partial charge >= 0.3 is 0 Å². The fourth-order valence-corrected chi connectivity index (χ4v) is 3.72. The molecule has 1 aliphatic heterocycles. The van der Waals surface area contributed by atoms with Crippen LogP contribution in [-0.4, -0.2) is 24.5 Å². The van der Waals surface area contributed by atoms with Crippen molar-refractivity contribution in [2.75, 3.05) is 19.6 Å². The molecule has 0 saturated carbocycles. The van der Waals surface area contributed by atoms with E-state index in [9.17, 15) is 0 Å². The second-order valence-electron chi connectivity index (χ2n) is 5.42. The number of likely N-dealkylation sites (tertiary alicyclic amines) is 1. The van der Waals surface area contributed by atoms with Gasteiger partial charge < -0.3 is 9.73 Å². The third-order valence-electron chi connectivity index (χ3n) is 3.89. The van der Waals surface area contributed by atoms with Gasteiger partial charge in [-0.15, -0.1) is 11.3 Å². The van der Waals surface area contributed by atoms with E-state index in [2.05, 4.69) is 33.8 Å². The summed E-state index contributed by atoms with van der Waals surface area (Å²) in [6, 6.07) is 8.99. The Morgan fingerprint density at radius 1 is 1.30 bits per heavy atom. The Balaban J connectivity index is 1.58. The largest absolute Gasteiger partial charge is 0.465 e. The quantitative estimate of drug-likeness (QED) is 0.881. The molecule has 1 N–H and O–H groups in total. The van der Waals surface area contributed by atoms with Crippen LogP contribution in [0.1, 0.15) is 35.3 Å². The minimum Gasteiger partial charge on any atom is -0.465 e. The van der Waals surface area contributed by atoms with Crippen LogP contribution in [-0.2, 0) is 6.54 Å². The van der Waals surface area contributed by atoms with Crippen molar-refractivity contribution in [1.29, 1.82) is 0 Å². The highest BCUT2D eigenvalue weighted by Crippen LogP contribution is 2.27. The lowest BCUT2D eigenvalue weighted by molar-refractivity contribution is 0.240. The van der Waals surface area contributed by atoms with Crippen molar-refractivity contribution >= 4 is 11.3 Å². The van der Waals surface area contributed by atoms with Gasteiger partial charge in [-0.1, -0.05) is 6.07 Å². The number of furan rings is 1. The summed E-state index contributed by atoms with van der Waals surface area (Å²) in [4.78, 5) is 4.07. The molecule has 1 atom stereocenters. The Kier molecular flexibility index (Phi) is 4.55. The first-order chi connectivity index (χ1) is 9.83. The maximum Gasteiger partial charge on any atom is 0.117 e. The van der Waals surface area contributed by atoms with E-state index in [1.807, 2.05) is 24.3 Å². The fraction of sp³-hybridized carbons (Fsp3) is 0.500. The van der Waals surface area contributed by atoms with Crippen LogP contribution in [0.15, 0.2) is 34.1 Å². The van der Waals surface area contributed by atoms with E-state index in [0.717, 1.165) is 24.6 Å². The molecule has 0 amide bonds. The lowest BCUT2D eigenvalue weighted by Gasteiger charge is -2.26. The molecular formula is C16H22N2OS. The zero-order chi connectivity index (χ0) is 13.8. The third-order valence-corrected chi connectivity index (χ3v) is 4.86. The van der Waals surface area contributed by atoms with Gasteiger partial charge in [0.25, 0.3) is 0 Å². The molecule has 1 saturated heterocycles. The highest BCUT2D eigenvalue weighted by Gasteiger charge is 2.23. The molecule has 4 heteroatoms. The highest BCUT2D eigenvalue weighted by atomic mass is 32.1. The molecular weight excluding hydrogens is 268 g/mol. The monoisotopic (exact) mass is 290 g/mol. The smallest absolute Gasteiger partial charge is 0.117 e. The average Bonchev–Trinajstić information content (AvgIpc) is 3.18. The number of nitrogens with zero attached hydrogens (tertiary/aromatic N) is 1. The number of rotatable bonds is 6. The number of hydrogen-bond donors (Lipinski definition) is 1. The molecule has 1 aliphatic rings. The summed E-state index contributed by atoms with van der Waals surface area (Å²) < 4.78 is 5.61. The highest BCUT2D eigenvalue weighted by molar-refractivity contribution is 7.10. The van der Waals surface area contributed by atoms with Gasteiger partial charge in [0, 0.05) is 11.4 Å². The van der Waals surface area contributed by atoms with E-state index < -0.39 is 0 Å². The van der Waals surface area contributed by atoms with Gasteiger partial charge in [0.15, 0.2) is 0 Å². The Bertz CT molecular complexity index is 514. The van der Waals surface area contributed by atoms with Crippen LogP contribution in [0.4, 0.5) is 0 Å². The minimum atomic E-state index is 0.508. The number of aryl methyl sites for hydroxylation is 1. The molecule has 0 radical (unpaired) electrons. The fourth-order valence-electron chi connectivity index (χ4n) is 2.86. The Labute approximate surface area is 124 Å². The third kappa shape index (κ3) is 3.32. The second-order valence-corrected chi connectivity index (χ2v) is 6.40. The first kappa shape index (κ1) is 13.9. The number of thiophene rings is 1. The molecule has 2 aromatic rings. The number of hydrogen-bond acceptors (Lipinski definition) is 4. The molecule has 0 aromatic carbocycles. The summed E-state index contributed by atoms with van der Waals surface area (Å²) in [5.41, 5.74) is 0. The predicted molar refractivity (Wildman–Crippen MR) is 83.0 cm³/mol. The molecule has 3 nitrogen and oxygen atoms in total. The van der Waals surface area contributed by atoms with Crippen LogP contribution in [0.3, 0.4) is 0 Å². The minimum absolute atomic E-state index is 0.508.